The predicted octanol–water partition coefficient (Wildman–Crippen LogP) is 2.11. The molecular formula is C8H12O. The highest BCUT2D eigenvalue weighted by atomic mass is 16.5. The molecule has 0 aliphatic carbocycles. The lowest BCUT2D eigenvalue weighted by molar-refractivity contribution is 0.136. The summed E-state index contributed by atoms with van der Waals surface area (Å²) in [7, 11) is 0. The van der Waals surface area contributed by atoms with Crippen LogP contribution in [0.1, 0.15) is 13.3 Å². The minimum absolute atomic E-state index is 0.350. The smallest absolute Gasteiger partial charge is 0.107 e. The molecule has 50 valence electrons. The first kappa shape index (κ1) is 6.40. The van der Waals surface area contributed by atoms with E-state index < -0.39 is 0 Å². The molecule has 2 atom stereocenters. The molecule has 1 aliphatic rings. The van der Waals surface area contributed by atoms with E-state index >= 15 is 0 Å². The minimum atomic E-state index is 0.350. The van der Waals surface area contributed by atoms with Crippen LogP contribution < -0.4 is 0 Å². The van der Waals surface area contributed by atoms with Gasteiger partial charge in [0, 0.05) is 12.3 Å². The fraction of sp³-hybridized carbons (Fsp3) is 0.500. The van der Waals surface area contributed by atoms with Crippen LogP contribution >= 0.6 is 0 Å². The second-order valence-electron chi connectivity index (χ2n) is 2.38. The second-order valence-corrected chi connectivity index (χ2v) is 2.38. The van der Waals surface area contributed by atoms with Crippen molar-refractivity contribution in [1.29, 1.82) is 0 Å². The first-order valence-electron chi connectivity index (χ1n) is 3.27. The Morgan fingerprint density at radius 1 is 1.89 bits per heavy atom. The third-order valence-electron chi connectivity index (χ3n) is 1.68. The van der Waals surface area contributed by atoms with Crippen molar-refractivity contribution in [2.45, 2.75) is 19.4 Å². The summed E-state index contributed by atoms with van der Waals surface area (Å²) >= 11 is 0. The normalized spacial score (nSPS) is 27.4. The summed E-state index contributed by atoms with van der Waals surface area (Å²) in [4.78, 5) is 0. The van der Waals surface area contributed by atoms with Crippen LogP contribution in [-0.2, 0) is 4.74 Å². The van der Waals surface area contributed by atoms with Crippen LogP contribution in [0.25, 0.3) is 0 Å². The van der Waals surface area contributed by atoms with E-state index in [4.69, 9.17) is 4.74 Å². The van der Waals surface area contributed by atoms with Gasteiger partial charge in [0.1, 0.15) is 6.10 Å². The maximum Gasteiger partial charge on any atom is 0.107 e. The van der Waals surface area contributed by atoms with Crippen molar-refractivity contribution < 1.29 is 4.74 Å². The van der Waals surface area contributed by atoms with E-state index in [1.807, 2.05) is 12.2 Å². The second kappa shape index (κ2) is 2.72. The van der Waals surface area contributed by atoms with Gasteiger partial charge in [-0.2, -0.15) is 0 Å². The Kier molecular flexibility index (Phi) is 1.93. The van der Waals surface area contributed by atoms with Crippen LogP contribution in [0.15, 0.2) is 25.0 Å². The Bertz CT molecular complexity index is 119. The van der Waals surface area contributed by atoms with E-state index in [9.17, 15) is 0 Å². The standard InChI is InChI=1S/C8H12O/c1-3-7(2)8-5-4-6-9-8/h3-4,6-8H,1,5H2,2H3/t7-,8-/m0/s1. The van der Waals surface area contributed by atoms with Crippen LogP contribution in [0.5, 0.6) is 0 Å². The summed E-state index contributed by atoms with van der Waals surface area (Å²) in [5.74, 6) is 0.472. The van der Waals surface area contributed by atoms with E-state index in [1.165, 1.54) is 0 Å². The molecule has 9 heavy (non-hydrogen) atoms. The van der Waals surface area contributed by atoms with Gasteiger partial charge in [0.25, 0.3) is 0 Å². The van der Waals surface area contributed by atoms with Gasteiger partial charge in [-0.05, 0) is 6.08 Å². The van der Waals surface area contributed by atoms with E-state index in [2.05, 4.69) is 13.5 Å². The Morgan fingerprint density at radius 2 is 2.67 bits per heavy atom. The van der Waals surface area contributed by atoms with Gasteiger partial charge in [0.2, 0.25) is 0 Å². The summed E-state index contributed by atoms with van der Waals surface area (Å²) in [5, 5.41) is 0. The van der Waals surface area contributed by atoms with Crippen molar-refractivity contribution in [2.24, 2.45) is 5.92 Å². The summed E-state index contributed by atoms with van der Waals surface area (Å²) in [6.07, 6.45) is 7.13. The van der Waals surface area contributed by atoms with Gasteiger partial charge in [0.05, 0.1) is 6.26 Å². The van der Waals surface area contributed by atoms with Crippen LogP contribution in [0.4, 0.5) is 0 Å². The molecule has 1 nitrogen and oxygen atoms in total. The number of ether oxygens (including phenoxy) is 1. The highest BCUT2D eigenvalue weighted by Gasteiger charge is 2.15. The van der Waals surface area contributed by atoms with Crippen LogP contribution in [0, 0.1) is 5.92 Å². The van der Waals surface area contributed by atoms with Crippen molar-refractivity contribution >= 4 is 0 Å². The lowest BCUT2D eigenvalue weighted by Crippen LogP contribution is -2.13. The third-order valence-corrected chi connectivity index (χ3v) is 1.68. The van der Waals surface area contributed by atoms with Gasteiger partial charge < -0.3 is 4.74 Å². The van der Waals surface area contributed by atoms with Crippen molar-refractivity contribution in [3.05, 3.63) is 25.0 Å². The van der Waals surface area contributed by atoms with Crippen molar-refractivity contribution in [3.8, 4) is 0 Å². The zero-order chi connectivity index (χ0) is 6.69. The molecule has 0 bridgehead atoms. The molecule has 0 saturated carbocycles. The molecule has 1 aliphatic heterocycles. The van der Waals surface area contributed by atoms with Gasteiger partial charge in [-0.3, -0.25) is 0 Å². The molecule has 0 N–H and O–H groups in total. The largest absolute Gasteiger partial charge is 0.497 e. The molecular weight excluding hydrogens is 112 g/mol. The molecule has 0 fully saturated rings. The SMILES string of the molecule is C=C[C@H](C)[C@@H]1CC=CO1. The van der Waals surface area contributed by atoms with Crippen molar-refractivity contribution in [3.63, 3.8) is 0 Å². The highest BCUT2D eigenvalue weighted by Crippen LogP contribution is 2.17. The first-order chi connectivity index (χ1) is 4.34. The summed E-state index contributed by atoms with van der Waals surface area (Å²) in [5.41, 5.74) is 0. The van der Waals surface area contributed by atoms with Gasteiger partial charge in [-0.15, -0.1) is 6.58 Å². The Morgan fingerprint density at radius 3 is 3.11 bits per heavy atom. The molecule has 0 saturated heterocycles. The molecule has 1 rings (SSSR count). The van der Waals surface area contributed by atoms with Gasteiger partial charge >= 0.3 is 0 Å². The minimum Gasteiger partial charge on any atom is -0.497 e. The predicted molar refractivity (Wildman–Crippen MR) is 38.0 cm³/mol. The third kappa shape index (κ3) is 1.35. The monoisotopic (exact) mass is 124 g/mol. The number of hydrogen-bond donors (Lipinski definition) is 0. The van der Waals surface area contributed by atoms with Gasteiger partial charge in [-0.25, -0.2) is 0 Å². The van der Waals surface area contributed by atoms with Crippen LogP contribution in [0.2, 0.25) is 0 Å². The van der Waals surface area contributed by atoms with Gasteiger partial charge in [0.15, 0.2) is 0 Å². The fourth-order valence-corrected chi connectivity index (χ4v) is 0.892. The number of rotatable bonds is 2. The van der Waals surface area contributed by atoms with E-state index in [1.54, 1.807) is 6.26 Å². The van der Waals surface area contributed by atoms with Crippen molar-refractivity contribution in [1.82, 2.24) is 0 Å². The van der Waals surface area contributed by atoms with Crippen LogP contribution in [0.3, 0.4) is 0 Å². The molecule has 0 aromatic heterocycles. The maximum absolute atomic E-state index is 5.25. The topological polar surface area (TPSA) is 9.23 Å². The molecule has 0 unspecified atom stereocenters. The molecule has 0 amide bonds. The van der Waals surface area contributed by atoms with E-state index in [-0.39, 0.29) is 0 Å². The summed E-state index contributed by atoms with van der Waals surface area (Å²) < 4.78 is 5.25. The maximum atomic E-state index is 5.25. The lowest BCUT2D eigenvalue weighted by Gasteiger charge is -2.13. The molecule has 0 aromatic rings. The molecule has 0 spiro atoms. The zero-order valence-corrected chi connectivity index (χ0v) is 5.71. The van der Waals surface area contributed by atoms with Crippen molar-refractivity contribution in [2.75, 3.05) is 0 Å². The summed E-state index contributed by atoms with van der Waals surface area (Å²) in [6.45, 7) is 5.81. The number of hydrogen-bond acceptors (Lipinski definition) is 1. The average molecular weight is 124 g/mol. The zero-order valence-electron chi connectivity index (χ0n) is 5.71. The lowest BCUT2D eigenvalue weighted by atomic mass is 10.0. The molecule has 1 heterocycles. The Balaban J connectivity index is 2.35. The Hall–Kier alpha value is -0.720. The average Bonchev–Trinajstić information content (AvgIpc) is 2.37. The van der Waals surface area contributed by atoms with E-state index in [0.29, 0.717) is 12.0 Å². The van der Waals surface area contributed by atoms with Gasteiger partial charge in [-0.1, -0.05) is 13.0 Å². The highest BCUT2D eigenvalue weighted by molar-refractivity contribution is 4.93. The Labute approximate surface area is 56.0 Å². The molecule has 0 aromatic carbocycles. The summed E-state index contributed by atoms with van der Waals surface area (Å²) in [6, 6.07) is 0. The quantitative estimate of drug-likeness (QED) is 0.512. The molecule has 1 heteroatoms. The fourth-order valence-electron chi connectivity index (χ4n) is 0.892. The molecule has 0 radical (unpaired) electrons. The van der Waals surface area contributed by atoms with Crippen LogP contribution in [-0.4, -0.2) is 6.10 Å². The van der Waals surface area contributed by atoms with E-state index in [0.717, 1.165) is 6.42 Å². The first-order valence-corrected chi connectivity index (χ1v) is 3.27.